The van der Waals surface area contributed by atoms with Crippen molar-refractivity contribution in [3.8, 4) is 0 Å². The quantitative estimate of drug-likeness (QED) is 0.356. The number of benzene rings is 1. The third-order valence-electron chi connectivity index (χ3n) is 3.83. The fourth-order valence-electron chi connectivity index (χ4n) is 2.47. The van der Waals surface area contributed by atoms with Crippen LogP contribution in [0.1, 0.15) is 11.1 Å². The molecule has 3 rings (SSSR count). The van der Waals surface area contributed by atoms with Gasteiger partial charge in [-0.05, 0) is 47.1 Å². The molecule has 2 aromatic heterocycles. The van der Waals surface area contributed by atoms with Crippen LogP contribution in [-0.2, 0) is 19.6 Å². The molecule has 0 saturated heterocycles. The number of nitrogens with zero attached hydrogens (tertiary/aromatic N) is 2. The molecule has 0 atom stereocenters. The first-order chi connectivity index (χ1) is 12.3. The van der Waals surface area contributed by atoms with E-state index in [0.29, 0.717) is 21.1 Å². The lowest BCUT2D eigenvalue weighted by Gasteiger charge is -2.08. The highest BCUT2D eigenvalue weighted by Gasteiger charge is 2.21. The first-order valence-corrected chi connectivity index (χ1v) is 9.81. The molecule has 0 saturated carbocycles. The summed E-state index contributed by atoms with van der Waals surface area (Å²) >= 11 is 3.27. The number of rotatable bonds is 4. The van der Waals surface area contributed by atoms with E-state index in [2.05, 4.69) is 25.7 Å². The standard InChI is InChI=1S/C18H15BrN2O4S/c1-12-3-6-14(7-4-12)26(23,24)21-11-13(5-8-18(22)25-2)15-10-20-17(19)9-16(15)21/h3-11H,1-2H3/b8-5+. The van der Waals surface area contributed by atoms with Gasteiger partial charge in [-0.25, -0.2) is 22.2 Å². The Balaban J connectivity index is 2.22. The van der Waals surface area contributed by atoms with Crippen molar-refractivity contribution in [1.82, 2.24) is 8.96 Å². The molecule has 8 heteroatoms. The van der Waals surface area contributed by atoms with Gasteiger partial charge in [0.15, 0.2) is 0 Å². The van der Waals surface area contributed by atoms with E-state index >= 15 is 0 Å². The predicted octanol–water partition coefficient (Wildman–Crippen LogP) is 3.53. The van der Waals surface area contributed by atoms with Crippen LogP contribution in [0.3, 0.4) is 0 Å². The van der Waals surface area contributed by atoms with Crippen molar-refractivity contribution >= 4 is 48.9 Å². The van der Waals surface area contributed by atoms with E-state index in [4.69, 9.17) is 0 Å². The van der Waals surface area contributed by atoms with Crippen LogP contribution in [0.4, 0.5) is 0 Å². The summed E-state index contributed by atoms with van der Waals surface area (Å²) in [6, 6.07) is 8.24. The second kappa shape index (κ2) is 7.05. The van der Waals surface area contributed by atoms with E-state index in [-0.39, 0.29) is 4.90 Å². The summed E-state index contributed by atoms with van der Waals surface area (Å²) in [6.07, 6.45) is 5.76. The Labute approximate surface area is 159 Å². The molecule has 2 heterocycles. The molecule has 26 heavy (non-hydrogen) atoms. The zero-order chi connectivity index (χ0) is 18.9. The van der Waals surface area contributed by atoms with Gasteiger partial charge in [-0.2, -0.15) is 0 Å². The summed E-state index contributed by atoms with van der Waals surface area (Å²) in [6.45, 7) is 1.89. The predicted molar refractivity (Wildman–Crippen MR) is 102 cm³/mol. The van der Waals surface area contributed by atoms with E-state index in [1.165, 1.54) is 29.4 Å². The van der Waals surface area contributed by atoms with Crippen molar-refractivity contribution in [2.75, 3.05) is 7.11 Å². The number of esters is 1. The molecule has 6 nitrogen and oxygen atoms in total. The van der Waals surface area contributed by atoms with Gasteiger partial charge in [-0.3, -0.25) is 0 Å². The normalized spacial score (nSPS) is 12.0. The van der Waals surface area contributed by atoms with Gasteiger partial charge < -0.3 is 4.74 Å². The monoisotopic (exact) mass is 434 g/mol. The maximum absolute atomic E-state index is 13.1. The van der Waals surface area contributed by atoms with Crippen LogP contribution < -0.4 is 0 Å². The van der Waals surface area contributed by atoms with Gasteiger partial charge in [0, 0.05) is 29.4 Å². The van der Waals surface area contributed by atoms with E-state index in [9.17, 15) is 13.2 Å². The minimum absolute atomic E-state index is 0.177. The number of aryl methyl sites for hydroxylation is 1. The Morgan fingerprint density at radius 2 is 1.96 bits per heavy atom. The molecule has 1 aromatic carbocycles. The van der Waals surface area contributed by atoms with Gasteiger partial charge >= 0.3 is 5.97 Å². The van der Waals surface area contributed by atoms with Gasteiger partial charge in [-0.1, -0.05) is 17.7 Å². The number of pyridine rings is 1. The fraction of sp³-hybridized carbons (Fsp3) is 0.111. The second-order valence-electron chi connectivity index (χ2n) is 5.58. The molecule has 0 aliphatic rings. The molecule has 0 aliphatic carbocycles. The average molecular weight is 435 g/mol. The SMILES string of the molecule is COC(=O)/C=C/c1cn(S(=O)(=O)c2ccc(C)cc2)c2cc(Br)ncc12. The molecule has 0 spiro atoms. The van der Waals surface area contributed by atoms with Crippen molar-refractivity contribution < 1.29 is 17.9 Å². The summed E-state index contributed by atoms with van der Waals surface area (Å²) in [5, 5.41) is 0.601. The molecule has 0 bridgehead atoms. The molecule has 0 unspecified atom stereocenters. The minimum atomic E-state index is -3.80. The van der Waals surface area contributed by atoms with E-state index < -0.39 is 16.0 Å². The molecule has 0 amide bonds. The highest BCUT2D eigenvalue weighted by molar-refractivity contribution is 9.10. The zero-order valence-corrected chi connectivity index (χ0v) is 16.4. The summed E-state index contributed by atoms with van der Waals surface area (Å²) < 4.78 is 32.5. The minimum Gasteiger partial charge on any atom is -0.466 e. The Morgan fingerprint density at radius 3 is 2.62 bits per heavy atom. The highest BCUT2D eigenvalue weighted by Crippen LogP contribution is 2.28. The number of methoxy groups -OCH3 is 1. The lowest BCUT2D eigenvalue weighted by molar-refractivity contribution is -0.134. The molecule has 134 valence electrons. The Kier molecular flexibility index (Phi) is 4.97. The first kappa shape index (κ1) is 18.3. The lowest BCUT2D eigenvalue weighted by atomic mass is 10.2. The van der Waals surface area contributed by atoms with Crippen LogP contribution in [0.5, 0.6) is 0 Å². The van der Waals surface area contributed by atoms with Crippen molar-refractivity contribution in [2.24, 2.45) is 0 Å². The second-order valence-corrected chi connectivity index (χ2v) is 8.21. The number of hydrogen-bond donors (Lipinski definition) is 0. The van der Waals surface area contributed by atoms with Crippen molar-refractivity contribution in [3.05, 3.63) is 64.5 Å². The van der Waals surface area contributed by atoms with Crippen LogP contribution >= 0.6 is 15.9 Å². The fourth-order valence-corrected chi connectivity index (χ4v) is 4.16. The summed E-state index contributed by atoms with van der Waals surface area (Å²) in [5.41, 5.74) is 1.97. The summed E-state index contributed by atoms with van der Waals surface area (Å²) in [5.74, 6) is -0.530. The van der Waals surface area contributed by atoms with Crippen molar-refractivity contribution in [1.29, 1.82) is 0 Å². The number of hydrogen-bond acceptors (Lipinski definition) is 5. The van der Waals surface area contributed by atoms with Gasteiger partial charge in [-0.15, -0.1) is 0 Å². The molecule has 0 fully saturated rings. The maximum atomic E-state index is 13.1. The number of fused-ring (bicyclic) bond motifs is 1. The maximum Gasteiger partial charge on any atom is 0.330 e. The number of halogens is 1. The number of carbonyl (C=O) groups is 1. The van der Waals surface area contributed by atoms with Crippen LogP contribution in [0, 0.1) is 6.92 Å². The van der Waals surface area contributed by atoms with Crippen LogP contribution in [0.2, 0.25) is 0 Å². The van der Waals surface area contributed by atoms with E-state index in [0.717, 1.165) is 5.56 Å². The molecular weight excluding hydrogens is 420 g/mol. The Morgan fingerprint density at radius 1 is 1.27 bits per heavy atom. The van der Waals surface area contributed by atoms with Gasteiger partial charge in [0.25, 0.3) is 10.0 Å². The Hall–Kier alpha value is -2.45. The molecule has 0 aliphatic heterocycles. The molecule has 0 radical (unpaired) electrons. The van der Waals surface area contributed by atoms with E-state index in [1.807, 2.05) is 6.92 Å². The van der Waals surface area contributed by atoms with Crippen LogP contribution in [0.15, 0.2) is 58.3 Å². The average Bonchev–Trinajstić information content (AvgIpc) is 2.98. The van der Waals surface area contributed by atoms with Crippen molar-refractivity contribution in [2.45, 2.75) is 11.8 Å². The number of carbonyl (C=O) groups excluding carboxylic acids is 1. The third-order valence-corrected chi connectivity index (χ3v) is 5.95. The molecule has 0 N–H and O–H groups in total. The molecular formula is C18H15BrN2O4S. The lowest BCUT2D eigenvalue weighted by Crippen LogP contribution is -2.11. The van der Waals surface area contributed by atoms with E-state index in [1.54, 1.807) is 36.5 Å². The largest absolute Gasteiger partial charge is 0.466 e. The number of aromatic nitrogens is 2. The van der Waals surface area contributed by atoms with Crippen LogP contribution in [0.25, 0.3) is 17.0 Å². The zero-order valence-electron chi connectivity index (χ0n) is 14.0. The summed E-state index contributed by atoms with van der Waals surface area (Å²) in [4.78, 5) is 15.7. The van der Waals surface area contributed by atoms with Gasteiger partial charge in [0.1, 0.15) is 4.60 Å². The third kappa shape index (κ3) is 3.42. The number of ether oxygens (including phenoxy) is 1. The smallest absolute Gasteiger partial charge is 0.330 e. The van der Waals surface area contributed by atoms with Gasteiger partial charge in [0.05, 0.1) is 17.5 Å². The molecule has 3 aromatic rings. The van der Waals surface area contributed by atoms with Crippen LogP contribution in [-0.4, -0.2) is 30.5 Å². The highest BCUT2D eigenvalue weighted by atomic mass is 79.9. The summed E-state index contributed by atoms with van der Waals surface area (Å²) in [7, 11) is -2.53. The van der Waals surface area contributed by atoms with Gasteiger partial charge in [0.2, 0.25) is 0 Å². The van der Waals surface area contributed by atoms with Crippen molar-refractivity contribution in [3.63, 3.8) is 0 Å². The topological polar surface area (TPSA) is 78.3 Å². The first-order valence-electron chi connectivity index (χ1n) is 7.58. The Bertz CT molecular complexity index is 1120.